The van der Waals surface area contributed by atoms with Crippen LogP contribution in [-0.4, -0.2) is 126 Å². The Morgan fingerprint density at radius 1 is 0.871 bits per heavy atom. The van der Waals surface area contributed by atoms with E-state index in [-0.39, 0.29) is 30.2 Å². The summed E-state index contributed by atoms with van der Waals surface area (Å²) in [6.45, 7) is 13.0. The predicted octanol–water partition coefficient (Wildman–Crippen LogP) is 7.49. The molecule has 20 heteroatoms. The van der Waals surface area contributed by atoms with Crippen LogP contribution in [0.4, 0.5) is 43.3 Å². The van der Waals surface area contributed by atoms with Crippen molar-refractivity contribution in [3.8, 4) is 5.75 Å². The summed E-state index contributed by atoms with van der Waals surface area (Å²) in [6, 6.07) is 10.8. The fraction of sp³-hybridized carbons (Fsp3) is 0.460. The molecule has 70 heavy (non-hydrogen) atoms. The second-order valence-electron chi connectivity index (χ2n) is 18.9. The molecule has 9 rings (SSSR count). The zero-order chi connectivity index (χ0) is 49.4. The number of carbonyl (C=O) groups excluding carboxylic acids is 3. The lowest BCUT2D eigenvalue weighted by molar-refractivity contribution is -0.137. The van der Waals surface area contributed by atoms with E-state index in [4.69, 9.17) is 14.7 Å². The highest BCUT2D eigenvalue weighted by Gasteiger charge is 2.37. The maximum absolute atomic E-state index is 15.3. The van der Waals surface area contributed by atoms with Crippen LogP contribution in [-0.2, 0) is 31.8 Å². The fourth-order valence-electron chi connectivity index (χ4n) is 10.4. The van der Waals surface area contributed by atoms with E-state index >= 15 is 8.78 Å². The van der Waals surface area contributed by atoms with Crippen molar-refractivity contribution in [2.24, 2.45) is 5.92 Å². The summed E-state index contributed by atoms with van der Waals surface area (Å²) in [5, 5.41) is 9.56. The molecule has 4 saturated heterocycles. The SMILES string of the molecule is CCc1cnc2c(P(C)(C)=O)c(Nc3nc(Nc4cc(CC)c(N5CCC(N6CCN(C(=O)C7CCN(c8cc(F)c(C9CCC(=O)NC9=O)c(F)c8)C7)CC6)CC5)cc4OC)ncc3Br)ccc2n1. The smallest absolute Gasteiger partial charge is 0.234 e. The first-order chi connectivity index (χ1) is 33.6. The monoisotopic (exact) mass is 1040 g/mol. The van der Waals surface area contributed by atoms with E-state index in [2.05, 4.69) is 70.7 Å². The Bertz CT molecular complexity index is 2870. The summed E-state index contributed by atoms with van der Waals surface area (Å²) in [5.41, 5.74) is 5.82. The van der Waals surface area contributed by atoms with E-state index in [1.165, 1.54) is 12.1 Å². The number of fused-ring (bicyclic) bond motifs is 1. The van der Waals surface area contributed by atoms with Gasteiger partial charge in [-0.25, -0.2) is 18.7 Å². The number of benzene rings is 3. The molecule has 6 heterocycles. The van der Waals surface area contributed by atoms with Crippen molar-refractivity contribution in [1.29, 1.82) is 0 Å². The highest BCUT2D eigenvalue weighted by Crippen LogP contribution is 2.42. The van der Waals surface area contributed by atoms with Gasteiger partial charge in [-0.3, -0.25) is 29.6 Å². The van der Waals surface area contributed by atoms with Gasteiger partial charge < -0.3 is 34.6 Å². The van der Waals surface area contributed by atoms with Gasteiger partial charge in [0.25, 0.3) is 0 Å². The molecule has 4 aliphatic rings. The minimum Gasteiger partial charge on any atom is -0.494 e. The van der Waals surface area contributed by atoms with Gasteiger partial charge in [0.1, 0.15) is 35.9 Å². The number of nitrogens with zero attached hydrogens (tertiary/aromatic N) is 8. The Morgan fingerprint density at radius 2 is 1.60 bits per heavy atom. The van der Waals surface area contributed by atoms with Crippen molar-refractivity contribution in [2.45, 2.75) is 70.8 Å². The molecule has 2 unspecified atom stereocenters. The topological polar surface area (TPSA) is 178 Å². The molecule has 0 spiro atoms. The zero-order valence-electron chi connectivity index (χ0n) is 40.2. The third-order valence-electron chi connectivity index (χ3n) is 14.2. The van der Waals surface area contributed by atoms with E-state index in [9.17, 15) is 18.9 Å². The van der Waals surface area contributed by atoms with Crippen LogP contribution in [0.15, 0.2) is 53.3 Å². The van der Waals surface area contributed by atoms with Crippen molar-refractivity contribution in [2.75, 3.05) is 93.2 Å². The van der Waals surface area contributed by atoms with Crippen molar-refractivity contribution in [3.63, 3.8) is 0 Å². The Balaban J connectivity index is 0.797. The number of rotatable bonds is 13. The van der Waals surface area contributed by atoms with Gasteiger partial charge in [-0.15, -0.1) is 0 Å². The molecular weight excluding hydrogens is 983 g/mol. The van der Waals surface area contributed by atoms with Crippen LogP contribution in [0.3, 0.4) is 0 Å². The van der Waals surface area contributed by atoms with Crippen LogP contribution in [0.2, 0.25) is 0 Å². The van der Waals surface area contributed by atoms with Crippen LogP contribution in [0, 0.1) is 17.6 Å². The Morgan fingerprint density at radius 3 is 2.27 bits per heavy atom. The standard InChI is InChI=1S/C50H59BrF2N11O5P/c1-6-29-22-40(58-50-55-27-35(51)47(60-50)57-39-10-9-38-45(46(39)70(4,5)68)54-26-31(7-2)56-38)42(69-3)25-41(29)62-16-13-32(14-17-62)61-18-20-63(21-19-61)49(67)30-12-15-64(28-30)33-23-36(52)44(37(53)24-33)34-8-11-43(65)59-48(34)66/h9-10,22-27,30,32,34H,6-8,11-21,28H2,1-5H3,(H,59,65,66)(H2,55,57,58,60). The van der Waals surface area contributed by atoms with Gasteiger partial charge >= 0.3 is 0 Å². The quantitative estimate of drug-likeness (QED) is 0.0781. The van der Waals surface area contributed by atoms with Gasteiger partial charge in [0.15, 0.2) is 0 Å². The normalized spacial score (nSPS) is 19.5. The first kappa shape index (κ1) is 49.2. The molecule has 0 saturated carbocycles. The van der Waals surface area contributed by atoms with Gasteiger partial charge in [-0.1, -0.05) is 13.8 Å². The first-order valence-electron chi connectivity index (χ1n) is 24.1. The van der Waals surface area contributed by atoms with Gasteiger partial charge in [-0.2, -0.15) is 4.98 Å². The Hall–Kier alpha value is -5.78. The third-order valence-corrected chi connectivity index (χ3v) is 16.3. The number of imide groups is 1. The molecule has 0 radical (unpaired) electrons. The first-order valence-corrected chi connectivity index (χ1v) is 27.5. The Kier molecular flexibility index (Phi) is 14.4. The predicted molar refractivity (Wildman–Crippen MR) is 272 cm³/mol. The number of amides is 3. The van der Waals surface area contributed by atoms with Crippen molar-refractivity contribution < 1.29 is 32.5 Å². The molecule has 16 nitrogen and oxygen atoms in total. The van der Waals surface area contributed by atoms with Crippen LogP contribution >= 0.6 is 23.1 Å². The van der Waals surface area contributed by atoms with E-state index in [0.717, 1.165) is 74.5 Å². The number of methoxy groups -OCH3 is 1. The van der Waals surface area contributed by atoms with Crippen LogP contribution < -0.4 is 35.8 Å². The lowest BCUT2D eigenvalue weighted by Gasteiger charge is -2.44. The summed E-state index contributed by atoms with van der Waals surface area (Å²) in [4.78, 5) is 65.2. The summed E-state index contributed by atoms with van der Waals surface area (Å²) in [7, 11) is -1.17. The molecule has 3 amide bonds. The molecule has 370 valence electrons. The van der Waals surface area contributed by atoms with Gasteiger partial charge in [0.2, 0.25) is 23.7 Å². The number of piperidine rings is 2. The summed E-state index contributed by atoms with van der Waals surface area (Å²) < 4.78 is 50.9. The number of aromatic nitrogens is 4. The second kappa shape index (κ2) is 20.5. The van der Waals surface area contributed by atoms with Crippen molar-refractivity contribution >= 4 is 91.6 Å². The van der Waals surface area contributed by atoms with E-state index in [1.54, 1.807) is 32.8 Å². The number of hydrogen-bond donors (Lipinski definition) is 3. The van der Waals surface area contributed by atoms with Gasteiger partial charge in [0.05, 0.1) is 51.3 Å². The summed E-state index contributed by atoms with van der Waals surface area (Å²) >= 11 is 3.60. The number of hydrogen-bond acceptors (Lipinski definition) is 14. The molecule has 3 aromatic carbocycles. The summed E-state index contributed by atoms with van der Waals surface area (Å²) in [6.07, 6.45) is 7.56. The fourth-order valence-corrected chi connectivity index (χ4v) is 12.1. The molecule has 3 N–H and O–H groups in total. The molecule has 4 fully saturated rings. The van der Waals surface area contributed by atoms with E-state index in [0.29, 0.717) is 88.3 Å². The summed E-state index contributed by atoms with van der Waals surface area (Å²) in [5.74, 6) is -2.56. The number of aryl methyl sites for hydroxylation is 2. The number of nitrogens with one attached hydrogen (secondary N) is 3. The highest BCUT2D eigenvalue weighted by atomic mass is 79.9. The number of ether oxygens (including phenoxy) is 1. The maximum Gasteiger partial charge on any atom is 0.234 e. The molecular formula is C50H59BrF2N11O5P. The highest BCUT2D eigenvalue weighted by molar-refractivity contribution is 9.10. The number of halogens is 3. The van der Waals surface area contributed by atoms with Crippen molar-refractivity contribution in [3.05, 3.63) is 81.7 Å². The number of carbonyl (C=O) groups is 3. The van der Waals surface area contributed by atoms with Crippen molar-refractivity contribution in [1.82, 2.24) is 35.1 Å². The average Bonchev–Trinajstić information content (AvgIpc) is 3.85. The van der Waals surface area contributed by atoms with Gasteiger partial charge in [0, 0.05) is 100 Å². The number of piperazine rings is 1. The average molecular weight is 1040 g/mol. The minimum absolute atomic E-state index is 0.0252. The lowest BCUT2D eigenvalue weighted by atomic mass is 9.89. The zero-order valence-corrected chi connectivity index (χ0v) is 42.6. The number of anilines is 6. The third kappa shape index (κ3) is 10.2. The molecule has 4 aliphatic heterocycles. The molecule has 2 atom stereocenters. The van der Waals surface area contributed by atoms with Crippen LogP contribution in [0.1, 0.15) is 68.7 Å². The van der Waals surface area contributed by atoms with E-state index in [1.807, 2.05) is 28.9 Å². The lowest BCUT2D eigenvalue weighted by Crippen LogP contribution is -2.55. The Labute approximate surface area is 414 Å². The molecule has 5 aromatic rings. The largest absolute Gasteiger partial charge is 0.494 e. The van der Waals surface area contributed by atoms with Crippen LogP contribution in [0.25, 0.3) is 11.0 Å². The minimum atomic E-state index is -2.82. The molecule has 0 aliphatic carbocycles. The van der Waals surface area contributed by atoms with Crippen LogP contribution in [0.5, 0.6) is 5.75 Å². The second-order valence-corrected chi connectivity index (χ2v) is 22.9. The maximum atomic E-state index is 15.3. The van der Waals surface area contributed by atoms with E-state index < -0.39 is 36.5 Å². The van der Waals surface area contributed by atoms with Gasteiger partial charge in [-0.05, 0) is 104 Å². The molecule has 2 aromatic heterocycles. The molecule has 0 bridgehead atoms.